The van der Waals surface area contributed by atoms with E-state index < -0.39 is 18.2 Å². The van der Waals surface area contributed by atoms with E-state index in [1.807, 2.05) is 30.3 Å². The molecule has 1 aliphatic rings. The monoisotopic (exact) mass is 333 g/mol. The van der Waals surface area contributed by atoms with Gasteiger partial charge >= 0.3 is 5.97 Å². The Hall–Kier alpha value is -2.32. The van der Waals surface area contributed by atoms with E-state index in [-0.39, 0.29) is 12.5 Å². The molecule has 0 saturated carbocycles. The summed E-state index contributed by atoms with van der Waals surface area (Å²) in [5.41, 5.74) is 0.978. The molecule has 2 N–H and O–H groups in total. The molecule has 2 aromatic rings. The number of nitrogens with one attached hydrogen (secondary N) is 1. The molecule has 0 spiro atoms. The fourth-order valence-electron chi connectivity index (χ4n) is 2.31. The Kier molecular flexibility index (Phi) is 4.63. The van der Waals surface area contributed by atoms with Gasteiger partial charge in [-0.1, -0.05) is 41.7 Å². The number of hydrogen-bond acceptors (Lipinski definition) is 6. The molecule has 2 heterocycles. The third-order valence-corrected chi connectivity index (χ3v) is 4.46. The van der Waals surface area contributed by atoms with Gasteiger partial charge in [-0.3, -0.25) is 4.79 Å². The van der Waals surface area contributed by atoms with Crippen LogP contribution in [0.4, 0.5) is 0 Å². The Morgan fingerprint density at radius 1 is 1.22 bits per heavy atom. The summed E-state index contributed by atoms with van der Waals surface area (Å²) in [4.78, 5) is 22.8. The van der Waals surface area contributed by atoms with Crippen molar-refractivity contribution < 1.29 is 19.4 Å². The first-order valence-corrected chi connectivity index (χ1v) is 7.99. The summed E-state index contributed by atoms with van der Waals surface area (Å²) < 4.78 is 5.20. The van der Waals surface area contributed by atoms with Crippen LogP contribution in [0.1, 0.15) is 17.8 Å². The number of carboxylic acid groups (broad SMARTS) is 1. The number of amides is 1. The van der Waals surface area contributed by atoms with E-state index in [1.165, 1.54) is 11.3 Å². The smallest absolute Gasteiger partial charge is 0.332 e. The van der Waals surface area contributed by atoms with Crippen LogP contribution in [0.5, 0.6) is 0 Å². The van der Waals surface area contributed by atoms with Crippen molar-refractivity contribution in [2.24, 2.45) is 0 Å². The molecule has 1 aromatic carbocycles. The predicted molar refractivity (Wildman–Crippen MR) is 82.7 cm³/mol. The van der Waals surface area contributed by atoms with Gasteiger partial charge in [0.25, 0.3) is 0 Å². The lowest BCUT2D eigenvalue weighted by atomic mass is 10.2. The number of carbonyl (C=O) groups excluding carboxylic acids is 1. The van der Waals surface area contributed by atoms with Gasteiger partial charge in [-0.15, -0.1) is 10.2 Å². The zero-order chi connectivity index (χ0) is 16.2. The van der Waals surface area contributed by atoms with Gasteiger partial charge in [0.05, 0.1) is 6.54 Å². The Bertz CT molecular complexity index is 704. The normalized spacial score (nSPS) is 20.3. The molecule has 1 aromatic heterocycles. The van der Waals surface area contributed by atoms with E-state index >= 15 is 0 Å². The summed E-state index contributed by atoms with van der Waals surface area (Å²) in [5, 5.41) is 21.2. The van der Waals surface area contributed by atoms with E-state index in [9.17, 15) is 9.59 Å². The van der Waals surface area contributed by atoms with Gasteiger partial charge in [0, 0.05) is 5.56 Å². The second-order valence-corrected chi connectivity index (χ2v) is 6.18. The lowest BCUT2D eigenvalue weighted by Gasteiger charge is -2.10. The van der Waals surface area contributed by atoms with E-state index in [0.29, 0.717) is 17.8 Å². The van der Waals surface area contributed by atoms with Crippen molar-refractivity contribution in [3.05, 3.63) is 35.3 Å². The van der Waals surface area contributed by atoms with Crippen LogP contribution in [-0.2, 0) is 20.9 Å². The first-order chi connectivity index (χ1) is 11.1. The van der Waals surface area contributed by atoms with Crippen molar-refractivity contribution in [1.82, 2.24) is 15.5 Å². The van der Waals surface area contributed by atoms with E-state index in [4.69, 9.17) is 9.84 Å². The molecule has 1 amide bonds. The molecular weight excluding hydrogens is 318 g/mol. The van der Waals surface area contributed by atoms with Crippen molar-refractivity contribution in [2.75, 3.05) is 0 Å². The molecule has 0 radical (unpaired) electrons. The highest BCUT2D eigenvalue weighted by molar-refractivity contribution is 7.14. The van der Waals surface area contributed by atoms with Crippen LogP contribution < -0.4 is 5.32 Å². The van der Waals surface area contributed by atoms with Gasteiger partial charge in [-0.25, -0.2) is 4.79 Å². The minimum absolute atomic E-state index is 0.251. The Morgan fingerprint density at radius 3 is 2.65 bits per heavy atom. The molecule has 0 unspecified atom stereocenters. The zero-order valence-electron chi connectivity index (χ0n) is 12.1. The SMILES string of the molecule is O=C(NCc1nnc(-c2ccccc2)s1)[C@@H]1CC[C@H](C(=O)O)O1. The fourth-order valence-corrected chi connectivity index (χ4v) is 3.10. The van der Waals surface area contributed by atoms with E-state index in [1.54, 1.807) is 0 Å². The van der Waals surface area contributed by atoms with Gasteiger partial charge in [0.15, 0.2) is 6.10 Å². The number of hydrogen-bond donors (Lipinski definition) is 2. The first-order valence-electron chi connectivity index (χ1n) is 7.17. The minimum Gasteiger partial charge on any atom is -0.479 e. The number of aromatic nitrogens is 2. The highest BCUT2D eigenvalue weighted by Gasteiger charge is 2.34. The third kappa shape index (κ3) is 3.72. The maximum Gasteiger partial charge on any atom is 0.332 e. The van der Waals surface area contributed by atoms with Crippen molar-refractivity contribution in [1.29, 1.82) is 0 Å². The lowest BCUT2D eigenvalue weighted by molar-refractivity contribution is -0.151. The number of carboxylic acids is 1. The summed E-state index contributed by atoms with van der Waals surface area (Å²) in [6.45, 7) is 0.251. The number of ether oxygens (including phenoxy) is 1. The molecular formula is C15H15N3O4S. The van der Waals surface area contributed by atoms with E-state index in [0.717, 1.165) is 10.6 Å². The number of rotatable bonds is 5. The molecule has 2 atom stereocenters. The zero-order valence-corrected chi connectivity index (χ0v) is 13.0. The van der Waals surface area contributed by atoms with Crippen LogP contribution >= 0.6 is 11.3 Å². The average molecular weight is 333 g/mol. The molecule has 0 aliphatic carbocycles. The van der Waals surface area contributed by atoms with Crippen molar-refractivity contribution >= 4 is 23.2 Å². The van der Waals surface area contributed by atoms with Crippen LogP contribution in [0, 0.1) is 0 Å². The van der Waals surface area contributed by atoms with Crippen LogP contribution in [0.3, 0.4) is 0 Å². The largest absolute Gasteiger partial charge is 0.479 e. The highest BCUT2D eigenvalue weighted by atomic mass is 32.1. The number of aliphatic carboxylic acids is 1. The molecule has 8 heteroatoms. The summed E-state index contributed by atoms with van der Waals surface area (Å²) in [6, 6.07) is 9.67. The quantitative estimate of drug-likeness (QED) is 0.859. The van der Waals surface area contributed by atoms with Crippen LogP contribution in [0.2, 0.25) is 0 Å². The standard InChI is InChI=1S/C15H15N3O4S/c19-13(10-6-7-11(22-10)15(20)21)16-8-12-17-18-14(23-12)9-4-2-1-3-5-9/h1-5,10-11H,6-8H2,(H,16,19)(H,20,21)/t10-,11+/m0/s1. The van der Waals surface area contributed by atoms with Crippen LogP contribution in [0.15, 0.2) is 30.3 Å². The van der Waals surface area contributed by atoms with Gasteiger partial charge in [-0.2, -0.15) is 0 Å². The summed E-state index contributed by atoms with van der Waals surface area (Å²) in [6.07, 6.45) is -0.840. The Labute approximate surface area is 136 Å². The minimum atomic E-state index is -1.03. The summed E-state index contributed by atoms with van der Waals surface area (Å²) >= 11 is 1.40. The number of nitrogens with zero attached hydrogens (tertiary/aromatic N) is 2. The number of carbonyl (C=O) groups is 2. The van der Waals surface area contributed by atoms with Gasteiger partial charge < -0.3 is 15.2 Å². The second kappa shape index (κ2) is 6.84. The highest BCUT2D eigenvalue weighted by Crippen LogP contribution is 2.23. The lowest BCUT2D eigenvalue weighted by Crippen LogP contribution is -2.35. The molecule has 1 saturated heterocycles. The van der Waals surface area contributed by atoms with Crippen molar-refractivity contribution in [3.63, 3.8) is 0 Å². The number of benzene rings is 1. The second-order valence-electron chi connectivity index (χ2n) is 5.11. The summed E-state index contributed by atoms with van der Waals surface area (Å²) in [5.74, 6) is -1.35. The first kappa shape index (κ1) is 15.6. The molecule has 23 heavy (non-hydrogen) atoms. The van der Waals surface area contributed by atoms with E-state index in [2.05, 4.69) is 15.5 Å². The maximum absolute atomic E-state index is 12.0. The average Bonchev–Trinajstić information content (AvgIpc) is 3.23. The third-order valence-electron chi connectivity index (χ3n) is 3.49. The van der Waals surface area contributed by atoms with Gasteiger partial charge in [-0.05, 0) is 12.8 Å². The Morgan fingerprint density at radius 2 is 1.96 bits per heavy atom. The fraction of sp³-hybridized carbons (Fsp3) is 0.333. The summed E-state index contributed by atoms with van der Waals surface area (Å²) in [7, 11) is 0. The predicted octanol–water partition coefficient (Wildman–Crippen LogP) is 1.45. The topological polar surface area (TPSA) is 101 Å². The van der Waals surface area contributed by atoms with Crippen molar-refractivity contribution in [2.45, 2.75) is 31.6 Å². The molecule has 7 nitrogen and oxygen atoms in total. The molecule has 0 bridgehead atoms. The van der Waals surface area contributed by atoms with Crippen LogP contribution in [-0.4, -0.2) is 39.4 Å². The van der Waals surface area contributed by atoms with Gasteiger partial charge in [0.2, 0.25) is 5.91 Å². The maximum atomic E-state index is 12.0. The molecule has 3 rings (SSSR count). The molecule has 120 valence electrons. The molecule has 1 aliphatic heterocycles. The van der Waals surface area contributed by atoms with Gasteiger partial charge in [0.1, 0.15) is 16.1 Å². The Balaban J connectivity index is 1.54. The molecule has 1 fully saturated rings. The van der Waals surface area contributed by atoms with Crippen molar-refractivity contribution in [3.8, 4) is 10.6 Å². The van der Waals surface area contributed by atoms with Crippen LogP contribution in [0.25, 0.3) is 10.6 Å².